The van der Waals surface area contributed by atoms with Crippen molar-refractivity contribution < 1.29 is 14.3 Å². The van der Waals surface area contributed by atoms with Gasteiger partial charge in [0.25, 0.3) is 0 Å². The van der Waals surface area contributed by atoms with Crippen LogP contribution < -0.4 is 4.74 Å². The summed E-state index contributed by atoms with van der Waals surface area (Å²) >= 11 is 0. The zero-order valence-corrected chi connectivity index (χ0v) is 15.4. The Morgan fingerprint density at radius 3 is 2.18 bits per heavy atom. The lowest BCUT2D eigenvalue weighted by Gasteiger charge is -2.08. The molecular weight excluding hydrogens is 352 g/mol. The van der Waals surface area contributed by atoms with E-state index in [0.29, 0.717) is 25.0 Å². The molecule has 0 N–H and O–H groups in total. The maximum atomic E-state index is 11.9. The minimum absolute atomic E-state index is 0.233. The number of aromatic nitrogens is 1. The summed E-state index contributed by atoms with van der Waals surface area (Å²) < 4.78 is 11.0. The highest BCUT2D eigenvalue weighted by Gasteiger charge is 2.05. The molecule has 3 rings (SSSR count). The fourth-order valence-electron chi connectivity index (χ4n) is 2.56. The van der Waals surface area contributed by atoms with Gasteiger partial charge in [-0.05, 0) is 59.5 Å². The van der Waals surface area contributed by atoms with Crippen LogP contribution in [0.15, 0.2) is 73.1 Å². The smallest absolute Gasteiger partial charge is 0.306 e. The lowest BCUT2D eigenvalue weighted by Crippen LogP contribution is -2.06. The Morgan fingerprint density at radius 1 is 0.857 bits per heavy atom. The SMILES string of the molecule is N#Cc1ccc(CCC(=O)OCc2ccc(OCc3ccncc3)cc2)cc1. The monoisotopic (exact) mass is 372 g/mol. The minimum Gasteiger partial charge on any atom is -0.489 e. The molecule has 5 nitrogen and oxygen atoms in total. The summed E-state index contributed by atoms with van der Waals surface area (Å²) in [5.41, 5.74) is 3.57. The Kier molecular flexibility index (Phi) is 6.75. The molecule has 0 saturated carbocycles. The molecule has 0 saturated heterocycles. The van der Waals surface area contributed by atoms with Crippen molar-refractivity contribution in [1.29, 1.82) is 5.26 Å². The first kappa shape index (κ1) is 19.1. The maximum absolute atomic E-state index is 11.9. The number of pyridine rings is 1. The number of nitriles is 1. The number of esters is 1. The third-order valence-electron chi connectivity index (χ3n) is 4.18. The van der Waals surface area contributed by atoms with E-state index in [2.05, 4.69) is 11.1 Å². The largest absolute Gasteiger partial charge is 0.489 e. The van der Waals surface area contributed by atoms with Gasteiger partial charge in [-0.25, -0.2) is 0 Å². The van der Waals surface area contributed by atoms with Gasteiger partial charge in [0.05, 0.1) is 11.6 Å². The molecule has 140 valence electrons. The molecule has 0 spiro atoms. The number of aryl methyl sites for hydroxylation is 1. The summed E-state index contributed by atoms with van der Waals surface area (Å²) in [5.74, 6) is 0.509. The molecule has 0 atom stereocenters. The van der Waals surface area contributed by atoms with Crippen LogP contribution in [0.25, 0.3) is 0 Å². The molecule has 0 fully saturated rings. The van der Waals surface area contributed by atoms with Crippen LogP contribution in [0.1, 0.15) is 28.7 Å². The topological polar surface area (TPSA) is 72.2 Å². The summed E-state index contributed by atoms with van der Waals surface area (Å²) in [6, 6.07) is 20.6. The predicted molar refractivity (Wildman–Crippen MR) is 104 cm³/mol. The van der Waals surface area contributed by atoms with Gasteiger partial charge in [0.2, 0.25) is 0 Å². The summed E-state index contributed by atoms with van der Waals surface area (Å²) in [6.07, 6.45) is 4.36. The third kappa shape index (κ3) is 5.96. The van der Waals surface area contributed by atoms with Gasteiger partial charge in [-0.2, -0.15) is 5.26 Å². The van der Waals surface area contributed by atoms with E-state index < -0.39 is 0 Å². The molecule has 28 heavy (non-hydrogen) atoms. The standard InChI is InChI=1S/C23H20N2O3/c24-15-19-3-1-18(2-4-19)7-10-23(26)28-17-20-5-8-22(9-6-20)27-16-21-11-13-25-14-12-21/h1-6,8-9,11-14H,7,10,16-17H2. The highest BCUT2D eigenvalue weighted by molar-refractivity contribution is 5.69. The molecule has 0 bridgehead atoms. The highest BCUT2D eigenvalue weighted by atomic mass is 16.5. The molecule has 0 unspecified atom stereocenters. The molecule has 1 aromatic heterocycles. The fourth-order valence-corrected chi connectivity index (χ4v) is 2.56. The van der Waals surface area contributed by atoms with E-state index >= 15 is 0 Å². The van der Waals surface area contributed by atoms with Gasteiger partial charge >= 0.3 is 5.97 Å². The summed E-state index contributed by atoms with van der Waals surface area (Å²) in [7, 11) is 0. The first-order valence-electron chi connectivity index (χ1n) is 8.98. The first-order valence-corrected chi connectivity index (χ1v) is 8.98. The van der Waals surface area contributed by atoms with Crippen LogP contribution in [0.5, 0.6) is 5.75 Å². The van der Waals surface area contributed by atoms with Gasteiger partial charge < -0.3 is 9.47 Å². The Bertz CT molecular complexity index is 930. The quantitative estimate of drug-likeness (QED) is 0.554. The number of hydrogen-bond acceptors (Lipinski definition) is 5. The summed E-state index contributed by atoms with van der Waals surface area (Å²) in [6.45, 7) is 0.711. The van der Waals surface area contributed by atoms with Crippen LogP contribution in [-0.2, 0) is 29.2 Å². The molecule has 0 aliphatic rings. The molecular formula is C23H20N2O3. The van der Waals surface area contributed by atoms with Gasteiger partial charge in [0.15, 0.2) is 0 Å². The van der Waals surface area contributed by atoms with E-state index in [9.17, 15) is 4.79 Å². The van der Waals surface area contributed by atoms with Crippen LogP contribution >= 0.6 is 0 Å². The Balaban J connectivity index is 1.40. The number of nitrogens with zero attached hydrogens (tertiary/aromatic N) is 2. The number of carbonyl (C=O) groups excluding carboxylic acids is 1. The van der Waals surface area contributed by atoms with Crippen molar-refractivity contribution >= 4 is 5.97 Å². The van der Waals surface area contributed by atoms with E-state index in [0.717, 1.165) is 22.4 Å². The van der Waals surface area contributed by atoms with Crippen molar-refractivity contribution in [3.63, 3.8) is 0 Å². The highest BCUT2D eigenvalue weighted by Crippen LogP contribution is 2.15. The molecule has 3 aromatic rings. The van der Waals surface area contributed by atoms with Crippen LogP contribution in [0.2, 0.25) is 0 Å². The normalized spacial score (nSPS) is 10.1. The second kappa shape index (κ2) is 9.89. The second-order valence-electron chi connectivity index (χ2n) is 6.26. The number of hydrogen-bond donors (Lipinski definition) is 0. The lowest BCUT2D eigenvalue weighted by molar-refractivity contribution is -0.144. The molecule has 5 heteroatoms. The van der Waals surface area contributed by atoms with Crippen LogP contribution in [-0.4, -0.2) is 11.0 Å². The van der Waals surface area contributed by atoms with Gasteiger partial charge in [-0.1, -0.05) is 24.3 Å². The summed E-state index contributed by atoms with van der Waals surface area (Å²) in [4.78, 5) is 15.9. The van der Waals surface area contributed by atoms with Crippen LogP contribution in [0.3, 0.4) is 0 Å². The zero-order chi connectivity index (χ0) is 19.6. The Hall–Kier alpha value is -3.65. The van der Waals surface area contributed by atoms with E-state index in [4.69, 9.17) is 14.7 Å². The molecule has 0 aliphatic carbocycles. The van der Waals surface area contributed by atoms with Crippen molar-refractivity contribution in [2.75, 3.05) is 0 Å². The summed E-state index contributed by atoms with van der Waals surface area (Å²) in [5, 5.41) is 8.79. The molecule has 0 radical (unpaired) electrons. The van der Waals surface area contributed by atoms with Gasteiger partial charge in [-0.15, -0.1) is 0 Å². The molecule has 0 aliphatic heterocycles. The first-order chi connectivity index (χ1) is 13.7. The van der Waals surface area contributed by atoms with Gasteiger partial charge in [0, 0.05) is 18.8 Å². The number of rotatable bonds is 8. The number of benzene rings is 2. The third-order valence-corrected chi connectivity index (χ3v) is 4.18. The zero-order valence-electron chi connectivity index (χ0n) is 15.4. The van der Waals surface area contributed by atoms with Crippen LogP contribution in [0, 0.1) is 11.3 Å². The molecule has 2 aromatic carbocycles. The van der Waals surface area contributed by atoms with Crippen molar-refractivity contribution in [1.82, 2.24) is 4.98 Å². The molecule has 0 amide bonds. The average molecular weight is 372 g/mol. The Labute approximate surface area is 164 Å². The number of carbonyl (C=O) groups is 1. The number of ether oxygens (including phenoxy) is 2. The van der Waals surface area contributed by atoms with E-state index in [1.165, 1.54) is 0 Å². The minimum atomic E-state index is -0.248. The van der Waals surface area contributed by atoms with Gasteiger partial charge in [0.1, 0.15) is 19.0 Å². The van der Waals surface area contributed by atoms with E-state index in [-0.39, 0.29) is 12.6 Å². The van der Waals surface area contributed by atoms with Crippen molar-refractivity contribution in [3.05, 3.63) is 95.3 Å². The van der Waals surface area contributed by atoms with E-state index in [1.54, 1.807) is 24.5 Å². The maximum Gasteiger partial charge on any atom is 0.306 e. The lowest BCUT2D eigenvalue weighted by atomic mass is 10.1. The van der Waals surface area contributed by atoms with Crippen LogP contribution in [0.4, 0.5) is 0 Å². The second-order valence-corrected chi connectivity index (χ2v) is 6.26. The van der Waals surface area contributed by atoms with Crippen molar-refractivity contribution in [3.8, 4) is 11.8 Å². The predicted octanol–water partition coefficient (Wildman–Crippen LogP) is 4.21. The Morgan fingerprint density at radius 2 is 1.50 bits per heavy atom. The average Bonchev–Trinajstić information content (AvgIpc) is 2.76. The van der Waals surface area contributed by atoms with Gasteiger partial charge in [-0.3, -0.25) is 9.78 Å². The fraction of sp³-hybridized carbons (Fsp3) is 0.174. The molecule has 1 heterocycles. The van der Waals surface area contributed by atoms with E-state index in [1.807, 2.05) is 48.5 Å². The van der Waals surface area contributed by atoms with Crippen molar-refractivity contribution in [2.45, 2.75) is 26.1 Å². The van der Waals surface area contributed by atoms with Crippen molar-refractivity contribution in [2.24, 2.45) is 0 Å².